The van der Waals surface area contributed by atoms with Crippen molar-refractivity contribution in [2.24, 2.45) is 0 Å². The quantitative estimate of drug-likeness (QED) is 0.843. The van der Waals surface area contributed by atoms with Gasteiger partial charge in [0.15, 0.2) is 0 Å². The molecule has 90 valence electrons. The molecule has 2 aromatic rings. The first kappa shape index (κ1) is 10.8. The molecule has 1 amide bonds. The van der Waals surface area contributed by atoms with Gasteiger partial charge in [0, 0.05) is 12.6 Å². The van der Waals surface area contributed by atoms with Gasteiger partial charge in [0.2, 0.25) is 5.91 Å². The minimum Gasteiger partial charge on any atom is -0.370 e. The molecule has 1 aromatic heterocycles. The van der Waals surface area contributed by atoms with Crippen molar-refractivity contribution in [2.75, 3.05) is 10.6 Å². The van der Waals surface area contributed by atoms with Crippen LogP contribution >= 0.6 is 0 Å². The maximum atomic E-state index is 12.0. The van der Waals surface area contributed by atoms with Crippen LogP contribution in [-0.4, -0.2) is 16.9 Å². The zero-order chi connectivity index (χ0) is 12.4. The van der Waals surface area contributed by atoms with Crippen LogP contribution in [0.5, 0.6) is 0 Å². The minimum atomic E-state index is -0.246. The van der Waals surface area contributed by atoms with Crippen molar-refractivity contribution in [3.63, 3.8) is 0 Å². The molecule has 0 saturated carbocycles. The van der Waals surface area contributed by atoms with E-state index in [4.69, 9.17) is 0 Å². The van der Waals surface area contributed by atoms with Gasteiger partial charge >= 0.3 is 0 Å². The number of nitrogens with zero attached hydrogens (tertiary/aromatic N) is 1. The smallest absolute Gasteiger partial charge is 0.247 e. The molecule has 1 atom stereocenters. The number of fused-ring (bicyclic) bond motifs is 1. The lowest BCUT2D eigenvalue weighted by Gasteiger charge is -2.26. The Labute approximate surface area is 105 Å². The fourth-order valence-corrected chi connectivity index (χ4v) is 2.09. The summed E-state index contributed by atoms with van der Waals surface area (Å²) >= 11 is 0. The Morgan fingerprint density at radius 2 is 1.94 bits per heavy atom. The van der Waals surface area contributed by atoms with Gasteiger partial charge in [0.1, 0.15) is 6.04 Å². The third-order valence-corrected chi connectivity index (χ3v) is 3.01. The Hall–Kier alpha value is -2.36. The first-order valence-corrected chi connectivity index (χ1v) is 5.88. The summed E-state index contributed by atoms with van der Waals surface area (Å²) < 4.78 is 0. The van der Waals surface area contributed by atoms with Crippen molar-refractivity contribution in [1.29, 1.82) is 0 Å². The van der Waals surface area contributed by atoms with Gasteiger partial charge < -0.3 is 10.6 Å². The van der Waals surface area contributed by atoms with Gasteiger partial charge in [-0.3, -0.25) is 9.78 Å². The van der Waals surface area contributed by atoms with E-state index in [0.717, 1.165) is 16.9 Å². The van der Waals surface area contributed by atoms with Gasteiger partial charge in [-0.25, -0.2) is 0 Å². The Kier molecular flexibility index (Phi) is 2.68. The first-order chi connectivity index (χ1) is 8.83. The molecule has 1 aliphatic rings. The van der Waals surface area contributed by atoms with Crippen LogP contribution in [0.2, 0.25) is 0 Å². The van der Waals surface area contributed by atoms with Gasteiger partial charge in [-0.2, -0.15) is 0 Å². The fraction of sp³-hybridized carbons (Fsp3) is 0.143. The molecule has 1 aromatic carbocycles. The summed E-state index contributed by atoms with van der Waals surface area (Å²) in [4.78, 5) is 16.0. The lowest BCUT2D eigenvalue weighted by molar-refractivity contribution is -0.117. The van der Waals surface area contributed by atoms with E-state index in [1.807, 2.05) is 30.3 Å². The molecular weight excluding hydrogens is 226 g/mol. The molecule has 0 saturated heterocycles. The van der Waals surface area contributed by atoms with Gasteiger partial charge in [0.25, 0.3) is 0 Å². The number of hydrogen-bond acceptors (Lipinski definition) is 3. The van der Waals surface area contributed by atoms with Crippen molar-refractivity contribution in [2.45, 2.75) is 12.5 Å². The van der Waals surface area contributed by atoms with Crippen molar-refractivity contribution in [3.8, 4) is 0 Å². The van der Waals surface area contributed by atoms with Gasteiger partial charge in [-0.1, -0.05) is 30.3 Å². The van der Waals surface area contributed by atoms with E-state index in [1.54, 1.807) is 18.5 Å². The number of amides is 1. The summed E-state index contributed by atoms with van der Waals surface area (Å²) in [5.74, 6) is -0.00227. The average molecular weight is 239 g/mol. The number of carbonyl (C=O) groups is 1. The molecule has 0 spiro atoms. The van der Waals surface area contributed by atoms with Crippen LogP contribution in [0.1, 0.15) is 5.56 Å². The van der Waals surface area contributed by atoms with E-state index in [9.17, 15) is 4.79 Å². The van der Waals surface area contributed by atoms with Crippen LogP contribution in [0.4, 0.5) is 11.4 Å². The van der Waals surface area contributed by atoms with Crippen LogP contribution in [0.25, 0.3) is 0 Å². The molecule has 1 aliphatic heterocycles. The predicted molar refractivity (Wildman–Crippen MR) is 70.4 cm³/mol. The normalized spacial score (nSPS) is 17.6. The zero-order valence-corrected chi connectivity index (χ0v) is 9.76. The Morgan fingerprint density at radius 1 is 1.11 bits per heavy atom. The van der Waals surface area contributed by atoms with Crippen LogP contribution in [0.3, 0.4) is 0 Å². The topological polar surface area (TPSA) is 54.0 Å². The molecule has 4 heteroatoms. The fourth-order valence-electron chi connectivity index (χ4n) is 2.09. The van der Waals surface area contributed by atoms with Crippen LogP contribution < -0.4 is 10.6 Å². The average Bonchev–Trinajstić information content (AvgIpc) is 2.41. The SMILES string of the molecule is O=C1Nc2ccncc2NC1Cc1ccccc1. The van der Waals surface area contributed by atoms with Crippen molar-refractivity contribution < 1.29 is 4.79 Å². The third kappa shape index (κ3) is 2.05. The molecule has 0 aliphatic carbocycles. The maximum absolute atomic E-state index is 12.0. The summed E-state index contributed by atoms with van der Waals surface area (Å²) in [7, 11) is 0. The highest BCUT2D eigenvalue weighted by molar-refractivity contribution is 6.02. The summed E-state index contributed by atoms with van der Waals surface area (Å²) in [6.07, 6.45) is 4.06. The van der Waals surface area contributed by atoms with E-state index >= 15 is 0 Å². The van der Waals surface area contributed by atoms with Crippen molar-refractivity contribution >= 4 is 17.3 Å². The molecule has 2 heterocycles. The number of pyridine rings is 1. The number of anilines is 2. The van der Waals surface area contributed by atoms with Crippen molar-refractivity contribution in [1.82, 2.24) is 4.98 Å². The third-order valence-electron chi connectivity index (χ3n) is 3.01. The summed E-state index contributed by atoms with van der Waals surface area (Å²) in [5, 5.41) is 6.11. The second-order valence-corrected chi connectivity index (χ2v) is 4.30. The molecule has 0 radical (unpaired) electrons. The van der Waals surface area contributed by atoms with E-state index in [2.05, 4.69) is 15.6 Å². The molecular formula is C14H13N3O. The highest BCUT2D eigenvalue weighted by Gasteiger charge is 2.25. The number of hydrogen-bond donors (Lipinski definition) is 2. The number of nitrogens with one attached hydrogen (secondary N) is 2. The highest BCUT2D eigenvalue weighted by atomic mass is 16.2. The number of benzene rings is 1. The van der Waals surface area contributed by atoms with E-state index in [1.165, 1.54) is 0 Å². The van der Waals surface area contributed by atoms with Crippen LogP contribution in [0.15, 0.2) is 48.8 Å². The molecule has 18 heavy (non-hydrogen) atoms. The Morgan fingerprint density at radius 3 is 2.78 bits per heavy atom. The second kappa shape index (κ2) is 4.49. The molecule has 4 nitrogen and oxygen atoms in total. The predicted octanol–water partition coefficient (Wildman–Crippen LogP) is 2.06. The standard InChI is InChI=1S/C14H13N3O/c18-14-12(8-10-4-2-1-3-5-10)16-13-9-15-7-6-11(13)17-14/h1-7,9,12,16H,8H2,(H,17,18). The lowest BCUT2D eigenvalue weighted by atomic mass is 10.0. The zero-order valence-electron chi connectivity index (χ0n) is 9.76. The lowest BCUT2D eigenvalue weighted by Crippen LogP contribution is -2.40. The molecule has 3 rings (SSSR count). The molecule has 2 N–H and O–H groups in total. The van der Waals surface area contributed by atoms with E-state index < -0.39 is 0 Å². The van der Waals surface area contributed by atoms with E-state index in [-0.39, 0.29) is 11.9 Å². The van der Waals surface area contributed by atoms with Crippen LogP contribution in [-0.2, 0) is 11.2 Å². The molecule has 1 unspecified atom stereocenters. The summed E-state index contributed by atoms with van der Waals surface area (Å²) in [5.41, 5.74) is 2.80. The number of carbonyl (C=O) groups excluding carboxylic acids is 1. The van der Waals surface area contributed by atoms with Crippen molar-refractivity contribution in [3.05, 3.63) is 54.4 Å². The molecule has 0 bridgehead atoms. The van der Waals surface area contributed by atoms with E-state index in [0.29, 0.717) is 6.42 Å². The molecule has 0 fully saturated rings. The Balaban J connectivity index is 1.81. The minimum absolute atomic E-state index is 0.00227. The number of aromatic nitrogens is 1. The Bertz CT molecular complexity index is 568. The van der Waals surface area contributed by atoms with Gasteiger partial charge in [-0.05, 0) is 11.6 Å². The highest BCUT2D eigenvalue weighted by Crippen LogP contribution is 2.25. The first-order valence-electron chi connectivity index (χ1n) is 5.88. The largest absolute Gasteiger partial charge is 0.370 e. The second-order valence-electron chi connectivity index (χ2n) is 4.30. The maximum Gasteiger partial charge on any atom is 0.247 e. The van der Waals surface area contributed by atoms with Gasteiger partial charge in [0.05, 0.1) is 17.6 Å². The summed E-state index contributed by atoms with van der Waals surface area (Å²) in [6.45, 7) is 0. The monoisotopic (exact) mass is 239 g/mol. The van der Waals surface area contributed by atoms with Crippen LogP contribution in [0, 0.1) is 0 Å². The number of rotatable bonds is 2. The van der Waals surface area contributed by atoms with Gasteiger partial charge in [-0.15, -0.1) is 0 Å². The summed E-state index contributed by atoms with van der Waals surface area (Å²) in [6, 6.07) is 11.5.